The van der Waals surface area contributed by atoms with Gasteiger partial charge in [-0.05, 0) is 69.7 Å². The largest absolute Gasteiger partial charge is 0.462 e. The minimum Gasteiger partial charge on any atom is -0.462 e. The molecule has 0 bridgehead atoms. The Morgan fingerprint density at radius 1 is 1.11 bits per heavy atom. The van der Waals surface area contributed by atoms with Crippen molar-refractivity contribution in [3.8, 4) is 0 Å². The van der Waals surface area contributed by atoms with Gasteiger partial charge in [-0.2, -0.15) is 0 Å². The fraction of sp³-hybridized carbons (Fsp3) is 0.938. The van der Waals surface area contributed by atoms with Gasteiger partial charge in [0.1, 0.15) is 6.10 Å². The molecule has 2 aliphatic carbocycles. The molecule has 2 atom stereocenters. The zero-order valence-electron chi connectivity index (χ0n) is 12.3. The fourth-order valence-electron chi connectivity index (χ4n) is 3.68. The second-order valence-electron chi connectivity index (χ2n) is 6.38. The highest BCUT2D eigenvalue weighted by Gasteiger charge is 2.31. The molecular weight excluding hydrogens is 238 g/mol. The topological polar surface area (TPSA) is 52.3 Å². The predicted octanol–water partition coefficient (Wildman–Crippen LogP) is 3.26. The monoisotopic (exact) mass is 267 g/mol. The van der Waals surface area contributed by atoms with E-state index in [2.05, 4.69) is 6.92 Å². The number of nitrogens with two attached hydrogens (primary N) is 1. The molecule has 2 aliphatic rings. The van der Waals surface area contributed by atoms with Crippen LogP contribution in [-0.4, -0.2) is 18.6 Å². The van der Waals surface area contributed by atoms with Gasteiger partial charge in [-0.15, -0.1) is 0 Å². The number of rotatable bonds is 4. The van der Waals surface area contributed by atoms with Crippen molar-refractivity contribution >= 4 is 5.97 Å². The van der Waals surface area contributed by atoms with E-state index in [4.69, 9.17) is 10.5 Å². The quantitative estimate of drug-likeness (QED) is 0.795. The molecule has 110 valence electrons. The highest BCUT2D eigenvalue weighted by molar-refractivity contribution is 5.72. The van der Waals surface area contributed by atoms with Crippen LogP contribution < -0.4 is 5.73 Å². The van der Waals surface area contributed by atoms with Crippen LogP contribution in [0.1, 0.15) is 64.7 Å². The number of hydrogen-bond acceptors (Lipinski definition) is 3. The van der Waals surface area contributed by atoms with Crippen molar-refractivity contribution in [2.24, 2.45) is 23.5 Å². The van der Waals surface area contributed by atoms with Crippen molar-refractivity contribution in [1.29, 1.82) is 0 Å². The summed E-state index contributed by atoms with van der Waals surface area (Å²) in [5, 5.41) is 0. The first-order chi connectivity index (χ1) is 9.24. The molecule has 0 aromatic heterocycles. The molecule has 2 saturated carbocycles. The molecule has 2 N–H and O–H groups in total. The molecule has 0 amide bonds. The Bertz CT molecular complexity index is 284. The van der Waals surface area contributed by atoms with Crippen LogP contribution in [0.4, 0.5) is 0 Å². The molecule has 2 fully saturated rings. The third-order valence-electron chi connectivity index (χ3n) is 5.14. The Hall–Kier alpha value is -0.570. The number of carbonyl (C=O) groups is 1. The maximum absolute atomic E-state index is 12.3. The third kappa shape index (κ3) is 3.95. The summed E-state index contributed by atoms with van der Waals surface area (Å²) in [6, 6.07) is 0. The first-order valence-electron chi connectivity index (χ1n) is 8.15. The average Bonchev–Trinajstić information content (AvgIpc) is 2.48. The third-order valence-corrected chi connectivity index (χ3v) is 5.14. The summed E-state index contributed by atoms with van der Waals surface area (Å²) in [5.41, 5.74) is 5.69. The number of carbonyl (C=O) groups excluding carboxylic acids is 1. The maximum atomic E-state index is 12.3. The Morgan fingerprint density at radius 2 is 1.79 bits per heavy atom. The molecule has 3 nitrogen and oxygen atoms in total. The highest BCUT2D eigenvalue weighted by atomic mass is 16.5. The van der Waals surface area contributed by atoms with E-state index in [9.17, 15) is 4.79 Å². The van der Waals surface area contributed by atoms with Crippen molar-refractivity contribution in [2.75, 3.05) is 6.54 Å². The second-order valence-corrected chi connectivity index (χ2v) is 6.38. The smallest absolute Gasteiger partial charge is 0.309 e. The van der Waals surface area contributed by atoms with E-state index in [0.29, 0.717) is 11.8 Å². The molecule has 0 saturated heterocycles. The van der Waals surface area contributed by atoms with Crippen molar-refractivity contribution in [2.45, 2.75) is 70.8 Å². The Morgan fingerprint density at radius 3 is 2.42 bits per heavy atom. The lowest BCUT2D eigenvalue weighted by molar-refractivity contribution is -0.160. The summed E-state index contributed by atoms with van der Waals surface area (Å²) < 4.78 is 5.83. The van der Waals surface area contributed by atoms with Gasteiger partial charge in [-0.3, -0.25) is 4.79 Å². The minimum absolute atomic E-state index is 0.0702. The molecule has 0 heterocycles. The molecule has 3 heteroatoms. The van der Waals surface area contributed by atoms with E-state index in [1.807, 2.05) is 0 Å². The molecule has 19 heavy (non-hydrogen) atoms. The Balaban J connectivity index is 1.80. The zero-order valence-corrected chi connectivity index (χ0v) is 12.3. The van der Waals surface area contributed by atoms with Crippen molar-refractivity contribution in [3.63, 3.8) is 0 Å². The molecule has 0 aromatic rings. The van der Waals surface area contributed by atoms with E-state index < -0.39 is 0 Å². The van der Waals surface area contributed by atoms with Gasteiger partial charge in [0.15, 0.2) is 0 Å². The van der Waals surface area contributed by atoms with Crippen LogP contribution in [0.3, 0.4) is 0 Å². The molecule has 2 unspecified atom stereocenters. The molecule has 2 rings (SSSR count). The summed E-state index contributed by atoms with van der Waals surface area (Å²) in [6.45, 7) is 2.98. The number of esters is 1. The first kappa shape index (κ1) is 14.8. The lowest BCUT2D eigenvalue weighted by Gasteiger charge is -2.33. The minimum atomic E-state index is 0.0702. The van der Waals surface area contributed by atoms with E-state index in [-0.39, 0.29) is 18.0 Å². The number of ether oxygens (including phenoxy) is 1. The van der Waals surface area contributed by atoms with Gasteiger partial charge in [0, 0.05) is 0 Å². The highest BCUT2D eigenvalue weighted by Crippen LogP contribution is 2.33. The fourth-order valence-corrected chi connectivity index (χ4v) is 3.68. The lowest BCUT2D eigenvalue weighted by Crippen LogP contribution is -2.34. The molecule has 0 aromatic carbocycles. The maximum Gasteiger partial charge on any atom is 0.309 e. The molecule has 0 spiro atoms. The van der Waals surface area contributed by atoms with Gasteiger partial charge in [-0.25, -0.2) is 0 Å². The van der Waals surface area contributed by atoms with E-state index in [1.165, 1.54) is 19.3 Å². The molecule has 0 aliphatic heterocycles. The van der Waals surface area contributed by atoms with Crippen LogP contribution in [0.15, 0.2) is 0 Å². The second kappa shape index (κ2) is 7.28. The summed E-state index contributed by atoms with van der Waals surface area (Å²) >= 11 is 0. The van der Waals surface area contributed by atoms with E-state index in [1.54, 1.807) is 0 Å². The van der Waals surface area contributed by atoms with E-state index in [0.717, 1.165) is 45.1 Å². The van der Waals surface area contributed by atoms with Crippen LogP contribution in [-0.2, 0) is 9.53 Å². The van der Waals surface area contributed by atoms with Crippen molar-refractivity contribution in [3.05, 3.63) is 0 Å². The Kier molecular flexibility index (Phi) is 5.68. The summed E-state index contributed by atoms with van der Waals surface area (Å²) in [7, 11) is 0. The van der Waals surface area contributed by atoms with Gasteiger partial charge < -0.3 is 10.5 Å². The average molecular weight is 267 g/mol. The van der Waals surface area contributed by atoms with Crippen LogP contribution in [0.2, 0.25) is 0 Å². The van der Waals surface area contributed by atoms with Gasteiger partial charge >= 0.3 is 5.97 Å². The van der Waals surface area contributed by atoms with Gasteiger partial charge in [-0.1, -0.05) is 13.3 Å². The lowest BCUT2D eigenvalue weighted by atomic mass is 9.81. The Labute approximate surface area is 117 Å². The SMILES string of the molecule is CCC1CCCCC1OC(=O)C1CCC(CN)CC1. The van der Waals surface area contributed by atoms with E-state index >= 15 is 0 Å². The summed E-state index contributed by atoms with van der Waals surface area (Å²) in [4.78, 5) is 12.3. The molecule has 0 radical (unpaired) electrons. The van der Waals surface area contributed by atoms with Crippen LogP contribution in [0.5, 0.6) is 0 Å². The van der Waals surface area contributed by atoms with Crippen LogP contribution in [0.25, 0.3) is 0 Å². The predicted molar refractivity (Wildman–Crippen MR) is 76.6 cm³/mol. The van der Waals surface area contributed by atoms with Crippen LogP contribution >= 0.6 is 0 Å². The summed E-state index contributed by atoms with van der Waals surface area (Å²) in [6.07, 6.45) is 10.3. The van der Waals surface area contributed by atoms with Crippen LogP contribution in [0, 0.1) is 17.8 Å². The van der Waals surface area contributed by atoms with Gasteiger partial charge in [0.2, 0.25) is 0 Å². The first-order valence-corrected chi connectivity index (χ1v) is 8.15. The number of hydrogen-bond donors (Lipinski definition) is 1. The van der Waals surface area contributed by atoms with Gasteiger partial charge in [0.05, 0.1) is 5.92 Å². The van der Waals surface area contributed by atoms with Crippen molar-refractivity contribution in [1.82, 2.24) is 0 Å². The zero-order chi connectivity index (χ0) is 13.7. The van der Waals surface area contributed by atoms with Gasteiger partial charge in [0.25, 0.3) is 0 Å². The standard InChI is InChI=1S/C16H29NO2/c1-2-13-5-3-4-6-15(13)19-16(18)14-9-7-12(11-17)8-10-14/h12-15H,2-11,17H2,1H3. The van der Waals surface area contributed by atoms with Crippen molar-refractivity contribution < 1.29 is 9.53 Å². The normalized spacial score (nSPS) is 35.9. The molecular formula is C16H29NO2. The summed E-state index contributed by atoms with van der Waals surface area (Å²) in [5.74, 6) is 1.43.